The first-order valence-electron chi connectivity index (χ1n) is 12.2. The van der Waals surface area contributed by atoms with Crippen molar-refractivity contribution in [2.75, 3.05) is 25.2 Å². The van der Waals surface area contributed by atoms with Crippen LogP contribution in [0.15, 0.2) is 66.9 Å². The smallest absolute Gasteiger partial charge is 0.469 e. The third-order valence-corrected chi connectivity index (χ3v) is 6.21. The lowest BCUT2D eigenvalue weighted by molar-refractivity contribution is -0.120. The Balaban J connectivity index is 1.45. The van der Waals surface area contributed by atoms with E-state index in [1.54, 1.807) is 57.3 Å². The van der Waals surface area contributed by atoms with Gasteiger partial charge in [-0.25, -0.2) is 4.57 Å². The molecular weight excluding hydrogens is 537 g/mol. The van der Waals surface area contributed by atoms with Crippen LogP contribution in [0.2, 0.25) is 0 Å². The molecule has 0 saturated heterocycles. The number of rotatable bonds is 7. The highest BCUT2D eigenvalue weighted by Crippen LogP contribution is 2.38. The Kier molecular flexibility index (Phi) is 8.57. The lowest BCUT2D eigenvalue weighted by Gasteiger charge is -2.20. The van der Waals surface area contributed by atoms with Crippen LogP contribution in [0.25, 0.3) is 0 Å². The van der Waals surface area contributed by atoms with Gasteiger partial charge in [-0.1, -0.05) is 30.0 Å². The number of nitrogens with one attached hydrogen (secondary N) is 1. The van der Waals surface area contributed by atoms with E-state index in [4.69, 9.17) is 19.3 Å². The molecule has 4 rings (SSSR count). The minimum Gasteiger partial charge on any atom is -0.489 e. The Morgan fingerprint density at radius 1 is 1.18 bits per heavy atom. The molecule has 2 heterocycles. The third-order valence-electron chi connectivity index (χ3n) is 5.74. The first-order valence-corrected chi connectivity index (χ1v) is 13.7. The van der Waals surface area contributed by atoms with Crippen LogP contribution >= 0.6 is 7.82 Å². The number of phosphoric ester groups is 1. The topological polar surface area (TPSA) is 148 Å². The molecule has 11 nitrogen and oxygen atoms in total. The van der Waals surface area contributed by atoms with E-state index in [1.807, 2.05) is 18.2 Å². The molecule has 0 spiro atoms. The van der Waals surface area contributed by atoms with Crippen molar-refractivity contribution in [3.63, 3.8) is 0 Å². The number of hydrogen-bond donors (Lipinski definition) is 3. The van der Waals surface area contributed by atoms with E-state index in [0.717, 1.165) is 0 Å². The number of fused-ring (bicyclic) bond motifs is 1. The SMILES string of the molecule is CN1C(=O)[C@@H](NC(=O)c2cc(Oc3ccccc3)ccn2)COc2ccc(C#CC(C)(C)COP(=O)(O)O)cc21. The Morgan fingerprint density at radius 3 is 2.65 bits per heavy atom. The highest BCUT2D eigenvalue weighted by molar-refractivity contribution is 7.46. The number of ether oxygens (including phenoxy) is 2. The number of phosphoric acid groups is 1. The Bertz CT molecular complexity index is 1510. The first kappa shape index (κ1) is 28.8. The maximum atomic E-state index is 13.3. The maximum Gasteiger partial charge on any atom is 0.469 e. The molecule has 40 heavy (non-hydrogen) atoms. The van der Waals surface area contributed by atoms with Gasteiger partial charge in [-0.15, -0.1) is 0 Å². The number of amides is 2. The van der Waals surface area contributed by atoms with Gasteiger partial charge in [-0.05, 0) is 50.2 Å². The van der Waals surface area contributed by atoms with Crippen molar-refractivity contribution in [1.82, 2.24) is 10.3 Å². The zero-order chi connectivity index (χ0) is 28.9. The molecule has 3 N–H and O–H groups in total. The fourth-order valence-electron chi connectivity index (χ4n) is 3.66. The van der Waals surface area contributed by atoms with Gasteiger partial charge in [0.15, 0.2) is 0 Å². The second-order valence-electron chi connectivity index (χ2n) is 9.61. The number of aromatic nitrogens is 1. The maximum absolute atomic E-state index is 13.3. The van der Waals surface area contributed by atoms with Crippen molar-refractivity contribution in [1.29, 1.82) is 0 Å². The second kappa shape index (κ2) is 11.9. The number of nitrogens with zero attached hydrogens (tertiary/aromatic N) is 2. The van der Waals surface area contributed by atoms with Crippen LogP contribution in [0, 0.1) is 17.3 Å². The zero-order valence-electron chi connectivity index (χ0n) is 22.0. The normalized spacial score (nSPS) is 15.2. The van der Waals surface area contributed by atoms with E-state index in [0.29, 0.717) is 28.5 Å². The number of carbonyl (C=O) groups is 2. The number of para-hydroxylation sites is 1. The van der Waals surface area contributed by atoms with Crippen LogP contribution < -0.4 is 19.7 Å². The Hall–Kier alpha value is -4.20. The van der Waals surface area contributed by atoms with Crippen LogP contribution in [-0.4, -0.2) is 52.9 Å². The predicted molar refractivity (Wildman–Crippen MR) is 146 cm³/mol. The van der Waals surface area contributed by atoms with Gasteiger partial charge >= 0.3 is 7.82 Å². The molecule has 208 valence electrons. The molecule has 0 radical (unpaired) electrons. The molecule has 1 aliphatic rings. The molecule has 12 heteroatoms. The van der Waals surface area contributed by atoms with Crippen molar-refractivity contribution in [2.24, 2.45) is 5.41 Å². The molecule has 2 amide bonds. The largest absolute Gasteiger partial charge is 0.489 e. The molecule has 0 unspecified atom stereocenters. The van der Waals surface area contributed by atoms with E-state index in [-0.39, 0.29) is 18.9 Å². The first-order chi connectivity index (χ1) is 18.9. The molecule has 0 aliphatic carbocycles. The minimum atomic E-state index is -4.62. The average molecular weight is 566 g/mol. The van der Waals surface area contributed by atoms with Crippen LogP contribution in [0.4, 0.5) is 5.69 Å². The number of benzene rings is 2. The van der Waals surface area contributed by atoms with Crippen LogP contribution in [0.1, 0.15) is 29.9 Å². The van der Waals surface area contributed by atoms with Crippen molar-refractivity contribution >= 4 is 25.3 Å². The van der Waals surface area contributed by atoms with Gasteiger partial charge in [-0.2, -0.15) is 0 Å². The molecule has 3 aromatic rings. The summed E-state index contributed by atoms with van der Waals surface area (Å²) < 4.78 is 27.2. The summed E-state index contributed by atoms with van der Waals surface area (Å²) in [5, 5.41) is 2.69. The molecule has 0 bridgehead atoms. The summed E-state index contributed by atoms with van der Waals surface area (Å²) >= 11 is 0. The molecule has 0 fully saturated rings. The standard InChI is InChI=1S/C28H28N3O8P/c1-28(2,18-38-40(34,35)36)13-11-19-9-10-25-24(15-19)31(3)27(33)23(17-37-25)30-26(32)22-16-21(12-14-29-22)39-20-7-5-4-6-8-20/h4-10,12,14-16,23H,17-18H2,1-3H3,(H,30,32)(H2,34,35,36)/t23-/m0/s1. The fraction of sp³-hybridized carbons (Fsp3) is 0.250. The predicted octanol–water partition coefficient (Wildman–Crippen LogP) is 3.51. The van der Waals surface area contributed by atoms with Gasteiger partial charge in [0, 0.05) is 24.9 Å². The molecular formula is C28H28N3O8P. The summed E-state index contributed by atoms with van der Waals surface area (Å²) in [6.07, 6.45) is 1.45. The highest BCUT2D eigenvalue weighted by atomic mass is 31.2. The molecule has 0 saturated carbocycles. The third kappa shape index (κ3) is 7.68. The van der Waals surface area contributed by atoms with E-state index in [9.17, 15) is 14.2 Å². The quantitative estimate of drug-likeness (QED) is 0.289. The summed E-state index contributed by atoms with van der Waals surface area (Å²) in [6.45, 7) is 3.00. The van der Waals surface area contributed by atoms with E-state index < -0.39 is 31.1 Å². The molecule has 1 aliphatic heterocycles. The summed E-state index contributed by atoms with van der Waals surface area (Å²) in [4.78, 5) is 49.6. The van der Waals surface area contributed by atoms with E-state index in [2.05, 4.69) is 26.7 Å². The molecule has 1 atom stereocenters. The van der Waals surface area contributed by atoms with Crippen LogP contribution in [-0.2, 0) is 13.9 Å². The monoisotopic (exact) mass is 565 g/mol. The zero-order valence-corrected chi connectivity index (χ0v) is 22.9. The van der Waals surface area contributed by atoms with Gasteiger partial charge < -0.3 is 29.5 Å². The van der Waals surface area contributed by atoms with E-state index in [1.165, 1.54) is 17.2 Å². The van der Waals surface area contributed by atoms with E-state index >= 15 is 0 Å². The van der Waals surface area contributed by atoms with Gasteiger partial charge in [-0.3, -0.25) is 19.1 Å². The van der Waals surface area contributed by atoms with Gasteiger partial charge in [0.25, 0.3) is 11.8 Å². The lowest BCUT2D eigenvalue weighted by atomic mass is 9.95. The summed E-state index contributed by atoms with van der Waals surface area (Å²) in [5.41, 5.74) is 0.231. The number of anilines is 1. The Labute approximate surface area is 231 Å². The summed E-state index contributed by atoms with van der Waals surface area (Å²) in [5.74, 6) is 6.37. The van der Waals surface area contributed by atoms with Gasteiger partial charge in [0.2, 0.25) is 0 Å². The summed E-state index contributed by atoms with van der Waals surface area (Å²) in [6, 6.07) is 16.3. The molecule has 2 aromatic carbocycles. The van der Waals surface area contributed by atoms with Crippen molar-refractivity contribution in [2.45, 2.75) is 19.9 Å². The fourth-order valence-corrected chi connectivity index (χ4v) is 4.15. The molecule has 1 aromatic heterocycles. The number of pyridine rings is 1. The van der Waals surface area contributed by atoms with Crippen molar-refractivity contribution < 1.29 is 37.9 Å². The van der Waals surface area contributed by atoms with Crippen LogP contribution in [0.3, 0.4) is 0 Å². The van der Waals surface area contributed by atoms with Gasteiger partial charge in [0.1, 0.15) is 35.6 Å². The second-order valence-corrected chi connectivity index (χ2v) is 10.8. The Morgan fingerprint density at radius 2 is 1.93 bits per heavy atom. The van der Waals surface area contributed by atoms with Crippen LogP contribution in [0.5, 0.6) is 17.2 Å². The lowest BCUT2D eigenvalue weighted by Crippen LogP contribution is -2.49. The number of hydrogen-bond acceptors (Lipinski definition) is 7. The van der Waals surface area contributed by atoms with Gasteiger partial charge in [0.05, 0.1) is 17.7 Å². The van der Waals surface area contributed by atoms with Crippen molar-refractivity contribution in [3.05, 3.63) is 78.1 Å². The van der Waals surface area contributed by atoms with Crippen molar-refractivity contribution in [3.8, 4) is 29.1 Å². The number of likely N-dealkylation sites (N-methyl/N-ethyl adjacent to an activating group) is 1. The average Bonchev–Trinajstić information content (AvgIpc) is 3.03. The minimum absolute atomic E-state index is 0.0774. The summed E-state index contributed by atoms with van der Waals surface area (Å²) in [7, 11) is -3.05. The highest BCUT2D eigenvalue weighted by Gasteiger charge is 2.31. The number of carbonyl (C=O) groups excluding carboxylic acids is 2.